The Morgan fingerprint density at radius 3 is 3.05 bits per heavy atom. The van der Waals surface area contributed by atoms with E-state index in [0.29, 0.717) is 12.7 Å². The predicted octanol–water partition coefficient (Wildman–Crippen LogP) is 3.87. The first-order valence-electron chi connectivity index (χ1n) is 7.70. The summed E-state index contributed by atoms with van der Waals surface area (Å²) in [7, 11) is 0. The van der Waals surface area contributed by atoms with Crippen molar-refractivity contribution in [1.82, 2.24) is 5.32 Å². The zero-order valence-corrected chi connectivity index (χ0v) is 12.3. The van der Waals surface area contributed by atoms with Crippen LogP contribution in [0.3, 0.4) is 0 Å². The fourth-order valence-corrected chi connectivity index (χ4v) is 2.83. The standard InChI is InChI=1S/C16H27NO2/c1-3-13-6-5-7-15(8-13)19-12-16-9-14(11-18-16)10-17-4-2/h9,11,13,15,17H,3-8,10,12H2,1-2H3. The molecule has 2 atom stereocenters. The molecule has 3 heteroatoms. The molecular formula is C16H27NO2. The maximum Gasteiger partial charge on any atom is 0.129 e. The zero-order chi connectivity index (χ0) is 13.5. The minimum Gasteiger partial charge on any atom is -0.467 e. The van der Waals surface area contributed by atoms with Crippen LogP contribution in [0.2, 0.25) is 0 Å². The number of hydrogen-bond acceptors (Lipinski definition) is 3. The van der Waals surface area contributed by atoms with Gasteiger partial charge in [-0.2, -0.15) is 0 Å². The quantitative estimate of drug-likeness (QED) is 0.812. The molecule has 1 aliphatic rings. The summed E-state index contributed by atoms with van der Waals surface area (Å²) in [6, 6.07) is 2.10. The topological polar surface area (TPSA) is 34.4 Å². The van der Waals surface area contributed by atoms with Crippen LogP contribution < -0.4 is 5.32 Å². The Labute approximate surface area is 116 Å². The van der Waals surface area contributed by atoms with Crippen molar-refractivity contribution < 1.29 is 9.15 Å². The molecule has 0 radical (unpaired) electrons. The summed E-state index contributed by atoms with van der Waals surface area (Å²) in [6.45, 7) is 6.87. The number of furan rings is 1. The van der Waals surface area contributed by atoms with Gasteiger partial charge in [0.2, 0.25) is 0 Å². The van der Waals surface area contributed by atoms with Crippen LogP contribution >= 0.6 is 0 Å². The number of rotatable bonds is 7. The molecule has 1 fully saturated rings. The van der Waals surface area contributed by atoms with Crippen molar-refractivity contribution in [2.45, 2.75) is 65.2 Å². The normalized spacial score (nSPS) is 23.7. The average molecular weight is 265 g/mol. The van der Waals surface area contributed by atoms with Gasteiger partial charge in [-0.3, -0.25) is 0 Å². The maximum absolute atomic E-state index is 6.00. The van der Waals surface area contributed by atoms with Gasteiger partial charge in [0.25, 0.3) is 0 Å². The summed E-state index contributed by atoms with van der Waals surface area (Å²) in [6.07, 6.45) is 8.67. The third kappa shape index (κ3) is 4.66. The molecule has 1 N–H and O–H groups in total. The third-order valence-electron chi connectivity index (χ3n) is 4.06. The molecule has 3 nitrogen and oxygen atoms in total. The van der Waals surface area contributed by atoms with Crippen molar-refractivity contribution in [2.24, 2.45) is 5.92 Å². The van der Waals surface area contributed by atoms with Gasteiger partial charge in [-0.25, -0.2) is 0 Å². The molecule has 2 unspecified atom stereocenters. The van der Waals surface area contributed by atoms with Crippen molar-refractivity contribution in [1.29, 1.82) is 0 Å². The fourth-order valence-electron chi connectivity index (χ4n) is 2.83. The highest BCUT2D eigenvalue weighted by molar-refractivity contribution is 5.12. The summed E-state index contributed by atoms with van der Waals surface area (Å²) in [5, 5.41) is 3.30. The van der Waals surface area contributed by atoms with E-state index in [-0.39, 0.29) is 0 Å². The summed E-state index contributed by atoms with van der Waals surface area (Å²) in [5.74, 6) is 1.81. The van der Waals surface area contributed by atoms with E-state index in [2.05, 4.69) is 25.2 Å². The summed E-state index contributed by atoms with van der Waals surface area (Å²) in [4.78, 5) is 0. The lowest BCUT2D eigenvalue weighted by Crippen LogP contribution is -2.22. The van der Waals surface area contributed by atoms with Crippen molar-refractivity contribution >= 4 is 0 Å². The lowest BCUT2D eigenvalue weighted by Gasteiger charge is -2.28. The van der Waals surface area contributed by atoms with Gasteiger partial charge in [-0.1, -0.05) is 33.1 Å². The molecule has 0 bridgehead atoms. The van der Waals surface area contributed by atoms with Crippen LogP contribution in [0.1, 0.15) is 57.3 Å². The Kier molecular flexibility index (Phi) is 5.93. The summed E-state index contributed by atoms with van der Waals surface area (Å²) in [5.41, 5.74) is 1.20. The second-order valence-electron chi connectivity index (χ2n) is 5.58. The lowest BCUT2D eigenvalue weighted by molar-refractivity contribution is -0.00533. The van der Waals surface area contributed by atoms with Crippen LogP contribution in [-0.4, -0.2) is 12.6 Å². The Morgan fingerprint density at radius 1 is 1.37 bits per heavy atom. The third-order valence-corrected chi connectivity index (χ3v) is 4.06. The van der Waals surface area contributed by atoms with Crippen LogP contribution in [0.15, 0.2) is 16.7 Å². The van der Waals surface area contributed by atoms with Gasteiger partial charge in [-0.05, 0) is 31.4 Å². The molecule has 0 spiro atoms. The van der Waals surface area contributed by atoms with Gasteiger partial charge < -0.3 is 14.5 Å². The monoisotopic (exact) mass is 265 g/mol. The Hall–Kier alpha value is -0.800. The Balaban J connectivity index is 1.73. The second kappa shape index (κ2) is 7.71. The van der Waals surface area contributed by atoms with E-state index in [4.69, 9.17) is 9.15 Å². The summed E-state index contributed by atoms with van der Waals surface area (Å²) < 4.78 is 11.5. The number of ether oxygens (including phenoxy) is 1. The van der Waals surface area contributed by atoms with E-state index in [0.717, 1.165) is 24.8 Å². The Morgan fingerprint density at radius 2 is 2.26 bits per heavy atom. The molecule has 0 aromatic carbocycles. The van der Waals surface area contributed by atoms with E-state index in [1.54, 1.807) is 0 Å². The summed E-state index contributed by atoms with van der Waals surface area (Å²) >= 11 is 0. The van der Waals surface area contributed by atoms with Crippen molar-refractivity contribution in [3.63, 3.8) is 0 Å². The van der Waals surface area contributed by atoms with Gasteiger partial charge in [0.15, 0.2) is 0 Å². The first kappa shape index (κ1) is 14.6. The molecule has 1 heterocycles. The molecule has 0 saturated heterocycles. The van der Waals surface area contributed by atoms with Crippen LogP contribution in [0.25, 0.3) is 0 Å². The van der Waals surface area contributed by atoms with Crippen LogP contribution in [0.5, 0.6) is 0 Å². The molecule has 2 rings (SSSR count). The first-order valence-corrected chi connectivity index (χ1v) is 7.70. The van der Waals surface area contributed by atoms with E-state index in [1.165, 1.54) is 37.7 Å². The second-order valence-corrected chi connectivity index (χ2v) is 5.58. The van der Waals surface area contributed by atoms with E-state index in [9.17, 15) is 0 Å². The molecule has 0 amide bonds. The van der Waals surface area contributed by atoms with E-state index in [1.807, 2.05) is 6.26 Å². The van der Waals surface area contributed by atoms with Gasteiger partial charge in [0.1, 0.15) is 12.4 Å². The molecule has 1 saturated carbocycles. The largest absolute Gasteiger partial charge is 0.467 e. The molecule has 1 aromatic heterocycles. The van der Waals surface area contributed by atoms with Gasteiger partial charge in [-0.15, -0.1) is 0 Å². The van der Waals surface area contributed by atoms with E-state index < -0.39 is 0 Å². The van der Waals surface area contributed by atoms with Gasteiger partial charge in [0.05, 0.1) is 12.4 Å². The predicted molar refractivity (Wildman–Crippen MR) is 76.9 cm³/mol. The smallest absolute Gasteiger partial charge is 0.129 e. The van der Waals surface area contributed by atoms with Crippen LogP contribution in [0.4, 0.5) is 0 Å². The van der Waals surface area contributed by atoms with Crippen molar-refractivity contribution in [2.75, 3.05) is 6.54 Å². The van der Waals surface area contributed by atoms with Crippen LogP contribution in [-0.2, 0) is 17.9 Å². The first-order chi connectivity index (χ1) is 9.31. The lowest BCUT2D eigenvalue weighted by atomic mass is 9.85. The minimum absolute atomic E-state index is 0.431. The average Bonchev–Trinajstić information content (AvgIpc) is 2.91. The number of hydrogen-bond donors (Lipinski definition) is 1. The Bertz CT molecular complexity index is 361. The highest BCUT2D eigenvalue weighted by atomic mass is 16.5. The highest BCUT2D eigenvalue weighted by Gasteiger charge is 2.21. The molecule has 1 aromatic rings. The molecular weight excluding hydrogens is 238 g/mol. The SMILES string of the molecule is CCNCc1coc(COC2CCCC(CC)C2)c1. The maximum atomic E-state index is 6.00. The molecule has 0 aliphatic heterocycles. The van der Waals surface area contributed by atoms with Crippen molar-refractivity contribution in [3.05, 3.63) is 23.7 Å². The number of nitrogens with one attached hydrogen (secondary N) is 1. The molecule has 1 aliphatic carbocycles. The van der Waals surface area contributed by atoms with Gasteiger partial charge in [0, 0.05) is 12.1 Å². The fraction of sp³-hybridized carbons (Fsp3) is 0.750. The van der Waals surface area contributed by atoms with Crippen molar-refractivity contribution in [3.8, 4) is 0 Å². The molecule has 108 valence electrons. The minimum atomic E-state index is 0.431. The van der Waals surface area contributed by atoms with E-state index >= 15 is 0 Å². The van der Waals surface area contributed by atoms with Gasteiger partial charge >= 0.3 is 0 Å². The van der Waals surface area contributed by atoms with Crippen LogP contribution in [0, 0.1) is 5.92 Å². The molecule has 19 heavy (non-hydrogen) atoms. The zero-order valence-electron chi connectivity index (χ0n) is 12.3. The highest BCUT2D eigenvalue weighted by Crippen LogP contribution is 2.29.